The van der Waals surface area contributed by atoms with Crippen LogP contribution < -0.4 is 5.73 Å². The van der Waals surface area contributed by atoms with Gasteiger partial charge in [-0.25, -0.2) is 0 Å². The monoisotopic (exact) mass is 265 g/mol. The van der Waals surface area contributed by atoms with Crippen molar-refractivity contribution in [3.05, 3.63) is 39.9 Å². The second-order valence-corrected chi connectivity index (χ2v) is 5.04. The topological polar surface area (TPSA) is 26.0 Å². The van der Waals surface area contributed by atoms with Crippen molar-refractivity contribution < 1.29 is 0 Å². The molecule has 0 radical (unpaired) electrons. The summed E-state index contributed by atoms with van der Waals surface area (Å²) >= 11 is 3.44. The van der Waals surface area contributed by atoms with Gasteiger partial charge in [-0.2, -0.15) is 0 Å². The summed E-state index contributed by atoms with van der Waals surface area (Å²) in [5.74, 6) is 0. The highest BCUT2D eigenvalue weighted by atomic mass is 79.9. The van der Waals surface area contributed by atoms with Crippen molar-refractivity contribution in [3.8, 4) is 0 Å². The molecule has 1 unspecified atom stereocenters. The average molecular weight is 266 g/mol. The summed E-state index contributed by atoms with van der Waals surface area (Å²) in [5, 5.41) is 0. The van der Waals surface area contributed by atoms with Gasteiger partial charge >= 0.3 is 0 Å². The van der Waals surface area contributed by atoms with Crippen molar-refractivity contribution in [2.45, 2.75) is 31.7 Å². The van der Waals surface area contributed by atoms with Crippen LogP contribution in [-0.2, 0) is 0 Å². The minimum Gasteiger partial charge on any atom is -0.324 e. The Balaban J connectivity index is 2.17. The number of nitrogens with two attached hydrogens (primary N) is 1. The standard InChI is InChI=1S/C13H16BrN/c14-12-7-5-10(6-8-12)9-11-3-1-2-4-13(11)15/h5-9,13H,1-4,15H2. The van der Waals surface area contributed by atoms with Crippen LogP contribution in [0, 0.1) is 0 Å². The van der Waals surface area contributed by atoms with Crippen LogP contribution in [0.4, 0.5) is 0 Å². The normalized spacial score (nSPS) is 24.4. The molecule has 1 aliphatic rings. The maximum Gasteiger partial charge on any atom is 0.0256 e. The number of rotatable bonds is 1. The van der Waals surface area contributed by atoms with Gasteiger partial charge in [0.25, 0.3) is 0 Å². The van der Waals surface area contributed by atoms with Gasteiger partial charge in [0, 0.05) is 10.5 Å². The van der Waals surface area contributed by atoms with E-state index in [9.17, 15) is 0 Å². The molecule has 15 heavy (non-hydrogen) atoms. The van der Waals surface area contributed by atoms with Crippen LogP contribution in [0.1, 0.15) is 31.2 Å². The Morgan fingerprint density at radius 2 is 1.93 bits per heavy atom. The van der Waals surface area contributed by atoms with Crippen LogP contribution in [0.3, 0.4) is 0 Å². The molecular formula is C13H16BrN. The lowest BCUT2D eigenvalue weighted by Crippen LogP contribution is -2.25. The van der Waals surface area contributed by atoms with E-state index in [1.165, 1.54) is 24.0 Å². The molecule has 1 aromatic rings. The van der Waals surface area contributed by atoms with Crippen LogP contribution >= 0.6 is 15.9 Å². The van der Waals surface area contributed by atoms with E-state index >= 15 is 0 Å². The maximum absolute atomic E-state index is 6.08. The van der Waals surface area contributed by atoms with Crippen molar-refractivity contribution in [1.29, 1.82) is 0 Å². The molecule has 1 aliphatic carbocycles. The molecular weight excluding hydrogens is 250 g/mol. The fourth-order valence-corrected chi connectivity index (χ4v) is 2.28. The molecule has 2 heteroatoms. The van der Waals surface area contributed by atoms with E-state index in [1.807, 2.05) is 0 Å². The van der Waals surface area contributed by atoms with Gasteiger partial charge in [0.15, 0.2) is 0 Å². The van der Waals surface area contributed by atoms with E-state index in [2.05, 4.69) is 46.3 Å². The highest BCUT2D eigenvalue weighted by molar-refractivity contribution is 9.10. The van der Waals surface area contributed by atoms with Gasteiger partial charge in [0.05, 0.1) is 0 Å². The zero-order valence-electron chi connectivity index (χ0n) is 8.75. The van der Waals surface area contributed by atoms with Crippen molar-refractivity contribution >= 4 is 22.0 Å². The minimum absolute atomic E-state index is 0.280. The first-order chi connectivity index (χ1) is 7.25. The van der Waals surface area contributed by atoms with Crippen molar-refractivity contribution in [3.63, 3.8) is 0 Å². The van der Waals surface area contributed by atoms with Gasteiger partial charge in [-0.1, -0.05) is 46.1 Å². The lowest BCUT2D eigenvalue weighted by atomic mass is 9.89. The second-order valence-electron chi connectivity index (χ2n) is 4.12. The zero-order chi connectivity index (χ0) is 10.7. The number of halogens is 1. The van der Waals surface area contributed by atoms with E-state index in [-0.39, 0.29) is 6.04 Å². The first kappa shape index (κ1) is 10.9. The second kappa shape index (κ2) is 4.95. The Labute approximate surface area is 99.5 Å². The number of benzene rings is 1. The summed E-state index contributed by atoms with van der Waals surface area (Å²) in [6.45, 7) is 0. The van der Waals surface area contributed by atoms with Crippen LogP contribution in [0.2, 0.25) is 0 Å². The molecule has 2 rings (SSSR count). The summed E-state index contributed by atoms with van der Waals surface area (Å²) in [4.78, 5) is 0. The summed E-state index contributed by atoms with van der Waals surface area (Å²) in [7, 11) is 0. The van der Waals surface area contributed by atoms with Crippen LogP contribution in [0.15, 0.2) is 34.3 Å². The summed E-state index contributed by atoms with van der Waals surface area (Å²) in [6.07, 6.45) is 7.12. The van der Waals surface area contributed by atoms with Gasteiger partial charge in [-0.05, 0) is 37.0 Å². The van der Waals surface area contributed by atoms with Gasteiger partial charge in [-0.3, -0.25) is 0 Å². The summed E-state index contributed by atoms with van der Waals surface area (Å²) in [5.41, 5.74) is 8.74. The van der Waals surface area contributed by atoms with Gasteiger partial charge in [-0.15, -0.1) is 0 Å². The molecule has 0 amide bonds. The molecule has 0 heterocycles. The van der Waals surface area contributed by atoms with Gasteiger partial charge in [0.1, 0.15) is 0 Å². The molecule has 1 atom stereocenters. The summed E-state index contributed by atoms with van der Waals surface area (Å²) in [6, 6.07) is 8.67. The van der Waals surface area contributed by atoms with Crippen molar-refractivity contribution in [2.24, 2.45) is 5.73 Å². The van der Waals surface area contributed by atoms with Crippen molar-refractivity contribution in [2.75, 3.05) is 0 Å². The predicted octanol–water partition coefficient (Wildman–Crippen LogP) is 3.73. The van der Waals surface area contributed by atoms with Gasteiger partial charge < -0.3 is 5.73 Å². The quantitative estimate of drug-likeness (QED) is 0.823. The van der Waals surface area contributed by atoms with Crippen LogP contribution in [-0.4, -0.2) is 6.04 Å². The molecule has 1 fully saturated rings. The van der Waals surface area contributed by atoms with E-state index in [1.54, 1.807) is 0 Å². The van der Waals surface area contributed by atoms with E-state index in [4.69, 9.17) is 5.73 Å². The molecule has 0 bridgehead atoms. The Morgan fingerprint density at radius 1 is 1.20 bits per heavy atom. The first-order valence-electron chi connectivity index (χ1n) is 5.47. The molecule has 0 spiro atoms. The minimum atomic E-state index is 0.280. The lowest BCUT2D eigenvalue weighted by molar-refractivity contribution is 0.540. The molecule has 80 valence electrons. The molecule has 2 N–H and O–H groups in total. The highest BCUT2D eigenvalue weighted by Gasteiger charge is 2.13. The zero-order valence-corrected chi connectivity index (χ0v) is 10.3. The Morgan fingerprint density at radius 3 is 2.60 bits per heavy atom. The number of hydrogen-bond acceptors (Lipinski definition) is 1. The number of hydrogen-bond donors (Lipinski definition) is 1. The van der Waals surface area contributed by atoms with Crippen LogP contribution in [0.5, 0.6) is 0 Å². The maximum atomic E-state index is 6.08. The lowest BCUT2D eigenvalue weighted by Gasteiger charge is -2.21. The first-order valence-corrected chi connectivity index (χ1v) is 6.26. The molecule has 0 saturated heterocycles. The molecule has 1 aromatic carbocycles. The summed E-state index contributed by atoms with van der Waals surface area (Å²) < 4.78 is 1.12. The third-order valence-corrected chi connectivity index (χ3v) is 3.46. The van der Waals surface area contributed by atoms with E-state index < -0.39 is 0 Å². The van der Waals surface area contributed by atoms with E-state index in [0.717, 1.165) is 17.3 Å². The smallest absolute Gasteiger partial charge is 0.0256 e. The van der Waals surface area contributed by atoms with Crippen LogP contribution in [0.25, 0.3) is 6.08 Å². The molecule has 1 saturated carbocycles. The molecule has 1 nitrogen and oxygen atoms in total. The largest absolute Gasteiger partial charge is 0.324 e. The molecule has 0 aliphatic heterocycles. The average Bonchev–Trinajstić information content (AvgIpc) is 2.25. The van der Waals surface area contributed by atoms with Crippen molar-refractivity contribution in [1.82, 2.24) is 0 Å². The fourth-order valence-electron chi connectivity index (χ4n) is 2.02. The Kier molecular flexibility index (Phi) is 3.60. The fraction of sp³-hybridized carbons (Fsp3) is 0.385. The third-order valence-electron chi connectivity index (χ3n) is 2.93. The molecule has 0 aromatic heterocycles. The Bertz CT molecular complexity index is 353. The highest BCUT2D eigenvalue weighted by Crippen LogP contribution is 2.24. The third kappa shape index (κ3) is 2.93. The van der Waals surface area contributed by atoms with E-state index in [0.29, 0.717) is 0 Å². The SMILES string of the molecule is NC1CCCCC1=Cc1ccc(Br)cc1. The predicted molar refractivity (Wildman–Crippen MR) is 68.6 cm³/mol. The van der Waals surface area contributed by atoms with Gasteiger partial charge in [0.2, 0.25) is 0 Å². The Hall–Kier alpha value is -0.600.